The molecule has 1 aromatic carbocycles. The van der Waals surface area contributed by atoms with Crippen LogP contribution in [-0.2, 0) is 12.0 Å². The topological polar surface area (TPSA) is 21.3 Å². The lowest BCUT2D eigenvalue weighted by molar-refractivity contribution is 0.404. The Hall–Kier alpha value is -1.02. The molecule has 0 saturated carbocycles. The van der Waals surface area contributed by atoms with Gasteiger partial charge in [-0.05, 0) is 30.4 Å². The van der Waals surface area contributed by atoms with Crippen LogP contribution in [0.2, 0.25) is 0 Å². The Morgan fingerprint density at radius 2 is 1.94 bits per heavy atom. The summed E-state index contributed by atoms with van der Waals surface area (Å²) in [7, 11) is 1.73. The Morgan fingerprint density at radius 1 is 1.28 bits per heavy atom. The Kier molecular flexibility index (Phi) is 5.21. The van der Waals surface area contributed by atoms with Crippen LogP contribution in [0.5, 0.6) is 5.75 Å². The van der Waals surface area contributed by atoms with E-state index < -0.39 is 0 Å². The van der Waals surface area contributed by atoms with Gasteiger partial charge < -0.3 is 10.1 Å². The molecule has 0 aliphatic rings. The fourth-order valence-corrected chi connectivity index (χ4v) is 1.81. The maximum atomic E-state index is 5.44. The van der Waals surface area contributed by atoms with Crippen molar-refractivity contribution < 1.29 is 4.74 Å². The largest absolute Gasteiger partial charge is 0.496 e. The molecule has 2 heteroatoms. The van der Waals surface area contributed by atoms with Gasteiger partial charge in [0.2, 0.25) is 0 Å². The van der Waals surface area contributed by atoms with E-state index in [0.29, 0.717) is 6.04 Å². The van der Waals surface area contributed by atoms with Crippen LogP contribution in [0.15, 0.2) is 18.2 Å². The minimum absolute atomic E-state index is 0.178. The van der Waals surface area contributed by atoms with Gasteiger partial charge in [0.25, 0.3) is 0 Å². The molecule has 1 aromatic rings. The Labute approximate surface area is 112 Å². The van der Waals surface area contributed by atoms with Gasteiger partial charge in [-0.2, -0.15) is 0 Å². The van der Waals surface area contributed by atoms with Crippen molar-refractivity contribution in [1.82, 2.24) is 5.32 Å². The number of methoxy groups -OCH3 is 1. The summed E-state index contributed by atoms with van der Waals surface area (Å²) in [6.45, 7) is 12.0. The van der Waals surface area contributed by atoms with Gasteiger partial charge in [0.05, 0.1) is 7.11 Å². The molecule has 0 heterocycles. The average molecular weight is 249 g/mol. The van der Waals surface area contributed by atoms with Crippen molar-refractivity contribution in [2.24, 2.45) is 0 Å². The van der Waals surface area contributed by atoms with E-state index in [0.717, 1.165) is 18.7 Å². The molecular formula is C16H27NO. The lowest BCUT2D eigenvalue weighted by atomic mass is 9.86. The summed E-state index contributed by atoms with van der Waals surface area (Å²) >= 11 is 0. The standard InChI is InChI=1S/C16H27NO/c1-7-12(2)17-11-13-10-14(16(3,4)5)8-9-15(13)18-6/h8-10,12,17H,7,11H2,1-6H3. The average Bonchev–Trinajstić information content (AvgIpc) is 2.34. The number of rotatable bonds is 5. The van der Waals surface area contributed by atoms with Crippen molar-refractivity contribution in [2.75, 3.05) is 7.11 Å². The van der Waals surface area contributed by atoms with Crippen molar-refractivity contribution >= 4 is 0 Å². The SMILES string of the molecule is CCC(C)NCc1cc(C(C)(C)C)ccc1OC. The molecular weight excluding hydrogens is 222 g/mol. The fourth-order valence-electron chi connectivity index (χ4n) is 1.81. The third kappa shape index (κ3) is 4.02. The van der Waals surface area contributed by atoms with E-state index in [1.54, 1.807) is 7.11 Å². The summed E-state index contributed by atoms with van der Waals surface area (Å²) in [4.78, 5) is 0. The Bertz CT molecular complexity index is 379. The van der Waals surface area contributed by atoms with E-state index in [2.05, 4.69) is 58.1 Å². The first-order chi connectivity index (χ1) is 8.38. The minimum atomic E-state index is 0.178. The van der Waals surface area contributed by atoms with Crippen molar-refractivity contribution in [3.8, 4) is 5.75 Å². The number of hydrogen-bond acceptors (Lipinski definition) is 2. The number of nitrogens with one attached hydrogen (secondary N) is 1. The van der Waals surface area contributed by atoms with Gasteiger partial charge in [-0.15, -0.1) is 0 Å². The molecule has 0 fully saturated rings. The fraction of sp³-hybridized carbons (Fsp3) is 0.625. The van der Waals surface area contributed by atoms with Crippen LogP contribution in [0.4, 0.5) is 0 Å². The monoisotopic (exact) mass is 249 g/mol. The normalized spacial score (nSPS) is 13.4. The summed E-state index contributed by atoms with van der Waals surface area (Å²) in [6.07, 6.45) is 1.14. The summed E-state index contributed by atoms with van der Waals surface area (Å²) in [6, 6.07) is 7.03. The van der Waals surface area contributed by atoms with Crippen LogP contribution < -0.4 is 10.1 Å². The molecule has 1 rings (SSSR count). The van der Waals surface area contributed by atoms with Crippen molar-refractivity contribution in [3.63, 3.8) is 0 Å². The third-order valence-electron chi connectivity index (χ3n) is 3.40. The number of benzene rings is 1. The van der Waals surface area contributed by atoms with E-state index >= 15 is 0 Å². The van der Waals surface area contributed by atoms with Crippen LogP contribution in [0.3, 0.4) is 0 Å². The van der Waals surface area contributed by atoms with Gasteiger partial charge >= 0.3 is 0 Å². The van der Waals surface area contributed by atoms with Gasteiger partial charge in [-0.1, -0.05) is 39.8 Å². The second-order valence-corrected chi connectivity index (χ2v) is 5.97. The van der Waals surface area contributed by atoms with Gasteiger partial charge in [-0.25, -0.2) is 0 Å². The molecule has 18 heavy (non-hydrogen) atoms. The quantitative estimate of drug-likeness (QED) is 0.855. The van der Waals surface area contributed by atoms with E-state index in [4.69, 9.17) is 4.74 Å². The molecule has 0 amide bonds. The summed E-state index contributed by atoms with van der Waals surface area (Å²) in [5, 5.41) is 3.52. The zero-order valence-corrected chi connectivity index (χ0v) is 12.6. The first kappa shape index (κ1) is 15.0. The number of ether oxygens (including phenoxy) is 1. The Morgan fingerprint density at radius 3 is 2.44 bits per heavy atom. The second-order valence-electron chi connectivity index (χ2n) is 5.97. The van der Waals surface area contributed by atoms with Crippen molar-refractivity contribution in [2.45, 2.75) is 59.0 Å². The molecule has 0 radical (unpaired) electrons. The third-order valence-corrected chi connectivity index (χ3v) is 3.40. The second kappa shape index (κ2) is 6.24. The maximum Gasteiger partial charge on any atom is 0.123 e. The van der Waals surface area contributed by atoms with Crippen LogP contribution in [0.25, 0.3) is 0 Å². The van der Waals surface area contributed by atoms with Crippen LogP contribution in [0, 0.1) is 0 Å². The van der Waals surface area contributed by atoms with E-state index in [9.17, 15) is 0 Å². The molecule has 1 atom stereocenters. The van der Waals surface area contributed by atoms with Crippen LogP contribution in [0.1, 0.15) is 52.2 Å². The summed E-state index contributed by atoms with van der Waals surface area (Å²) in [5.41, 5.74) is 2.77. The van der Waals surface area contributed by atoms with Gasteiger partial charge in [0.15, 0.2) is 0 Å². The summed E-state index contributed by atoms with van der Waals surface area (Å²) < 4.78 is 5.44. The predicted octanol–water partition coefficient (Wildman–Crippen LogP) is 3.88. The first-order valence-corrected chi connectivity index (χ1v) is 6.79. The van der Waals surface area contributed by atoms with Crippen LogP contribution in [-0.4, -0.2) is 13.2 Å². The molecule has 0 saturated heterocycles. The number of hydrogen-bond donors (Lipinski definition) is 1. The summed E-state index contributed by atoms with van der Waals surface area (Å²) in [5.74, 6) is 0.971. The molecule has 0 aromatic heterocycles. The highest BCUT2D eigenvalue weighted by atomic mass is 16.5. The lowest BCUT2D eigenvalue weighted by Crippen LogP contribution is -2.25. The maximum absolute atomic E-state index is 5.44. The molecule has 2 nitrogen and oxygen atoms in total. The highest BCUT2D eigenvalue weighted by Gasteiger charge is 2.15. The molecule has 0 spiro atoms. The highest BCUT2D eigenvalue weighted by Crippen LogP contribution is 2.27. The van der Waals surface area contributed by atoms with Crippen molar-refractivity contribution in [1.29, 1.82) is 0 Å². The molecule has 0 aliphatic carbocycles. The minimum Gasteiger partial charge on any atom is -0.496 e. The molecule has 0 bridgehead atoms. The van der Waals surface area contributed by atoms with E-state index in [-0.39, 0.29) is 5.41 Å². The van der Waals surface area contributed by atoms with Gasteiger partial charge in [-0.3, -0.25) is 0 Å². The zero-order chi connectivity index (χ0) is 13.8. The molecule has 1 unspecified atom stereocenters. The first-order valence-electron chi connectivity index (χ1n) is 6.79. The van der Waals surface area contributed by atoms with E-state index in [1.807, 2.05) is 0 Å². The predicted molar refractivity (Wildman–Crippen MR) is 78.3 cm³/mol. The molecule has 102 valence electrons. The van der Waals surface area contributed by atoms with Gasteiger partial charge in [0.1, 0.15) is 5.75 Å². The molecule has 1 N–H and O–H groups in total. The van der Waals surface area contributed by atoms with E-state index in [1.165, 1.54) is 11.1 Å². The highest BCUT2D eigenvalue weighted by molar-refractivity contribution is 5.39. The van der Waals surface area contributed by atoms with Gasteiger partial charge in [0, 0.05) is 18.2 Å². The zero-order valence-electron chi connectivity index (χ0n) is 12.6. The smallest absolute Gasteiger partial charge is 0.123 e. The Balaban J connectivity index is 2.92. The van der Waals surface area contributed by atoms with Crippen LogP contribution >= 0.6 is 0 Å². The molecule has 0 aliphatic heterocycles. The van der Waals surface area contributed by atoms with Crippen molar-refractivity contribution in [3.05, 3.63) is 29.3 Å². The lowest BCUT2D eigenvalue weighted by Gasteiger charge is -2.22.